The van der Waals surface area contributed by atoms with Gasteiger partial charge in [0.15, 0.2) is 0 Å². The van der Waals surface area contributed by atoms with Crippen molar-refractivity contribution < 1.29 is 78.9 Å². The van der Waals surface area contributed by atoms with Gasteiger partial charge in [0, 0.05) is 22.9 Å². The van der Waals surface area contributed by atoms with E-state index >= 15 is 0 Å². The average molecular weight is 393 g/mol. The van der Waals surface area contributed by atoms with E-state index < -0.39 is 11.9 Å². The summed E-state index contributed by atoms with van der Waals surface area (Å²) in [6.45, 7) is 4.25. The Kier molecular flexibility index (Phi) is 18.2. The molecule has 0 aromatic heterocycles. The van der Waals surface area contributed by atoms with Crippen molar-refractivity contribution in [1.29, 1.82) is 0 Å². The Labute approximate surface area is 207 Å². The number of anilines is 1. The predicted octanol–water partition coefficient (Wildman–Crippen LogP) is -3.25. The molecule has 27 heavy (non-hydrogen) atoms. The van der Waals surface area contributed by atoms with E-state index in [4.69, 9.17) is 0 Å². The second kappa shape index (κ2) is 16.9. The van der Waals surface area contributed by atoms with Crippen LogP contribution in [-0.2, 0) is 0 Å². The van der Waals surface area contributed by atoms with Gasteiger partial charge in [0.1, 0.15) is 0 Å². The van der Waals surface area contributed by atoms with Crippen molar-refractivity contribution in [2.24, 2.45) is 0 Å². The van der Waals surface area contributed by atoms with Gasteiger partial charge in [0.25, 0.3) is 0 Å². The molecule has 1 N–H and O–H groups in total. The van der Waals surface area contributed by atoms with Gasteiger partial charge in [-0.1, -0.05) is 64.4 Å². The Hall–Kier alpha value is -0.0400. The van der Waals surface area contributed by atoms with E-state index in [1.807, 2.05) is 6.92 Å². The largest absolute Gasteiger partial charge is 1.00 e. The molecule has 0 radical (unpaired) electrons. The van der Waals surface area contributed by atoms with Crippen LogP contribution in [0.5, 0.6) is 0 Å². The van der Waals surface area contributed by atoms with Crippen LogP contribution in [0, 0.1) is 0 Å². The quantitative estimate of drug-likeness (QED) is 0.281. The van der Waals surface area contributed by atoms with Crippen LogP contribution in [0.2, 0.25) is 0 Å². The molecule has 0 heterocycles. The first-order valence-corrected chi connectivity index (χ1v) is 9.29. The van der Waals surface area contributed by atoms with E-state index in [1.165, 1.54) is 57.1 Å². The number of unbranched alkanes of at least 4 members (excludes halogenated alkanes) is 7. The third-order valence-electron chi connectivity index (χ3n) is 4.36. The molecular formula is C20H29NNa2O4. The van der Waals surface area contributed by atoms with Crippen LogP contribution in [0.3, 0.4) is 0 Å². The summed E-state index contributed by atoms with van der Waals surface area (Å²) in [5.41, 5.74) is -0.137. The standard InChI is InChI=1S/C20H31NO4.2Na/c1-3-4-5-6-7-8-9-10-11-15(2)21-16-12-13-17(19(22)23)18(14-16)20(24)25;;/h12-15,21H,3-11H2,1-2H3,(H,22,23)(H,24,25);;/q;2*+1/p-2. The molecular weight excluding hydrogens is 364 g/mol. The Balaban J connectivity index is 0. The van der Waals surface area contributed by atoms with Crippen LogP contribution < -0.4 is 74.6 Å². The summed E-state index contributed by atoms with van der Waals surface area (Å²) in [7, 11) is 0. The molecule has 7 heteroatoms. The van der Waals surface area contributed by atoms with Gasteiger partial charge in [0.2, 0.25) is 0 Å². The summed E-state index contributed by atoms with van der Waals surface area (Å²) in [5, 5.41) is 25.2. The number of hydrogen-bond donors (Lipinski definition) is 1. The van der Waals surface area contributed by atoms with Gasteiger partial charge in [-0.15, -0.1) is 0 Å². The molecule has 1 aromatic carbocycles. The maximum absolute atomic E-state index is 11.1. The number of nitrogens with one attached hydrogen (secondary N) is 1. The first-order valence-electron chi connectivity index (χ1n) is 9.29. The number of benzene rings is 1. The Morgan fingerprint density at radius 3 is 1.93 bits per heavy atom. The van der Waals surface area contributed by atoms with E-state index in [2.05, 4.69) is 12.2 Å². The summed E-state index contributed by atoms with van der Waals surface area (Å²) in [5.74, 6) is -3.03. The molecule has 0 saturated carbocycles. The van der Waals surface area contributed by atoms with Gasteiger partial charge in [-0.25, -0.2) is 0 Å². The van der Waals surface area contributed by atoms with Crippen LogP contribution in [0.15, 0.2) is 18.2 Å². The number of carboxylic acid groups (broad SMARTS) is 2. The summed E-state index contributed by atoms with van der Waals surface area (Å²) in [6, 6.07) is 4.28. The molecule has 1 aromatic rings. The first-order chi connectivity index (χ1) is 12.0. The van der Waals surface area contributed by atoms with Crippen molar-refractivity contribution in [3.05, 3.63) is 29.3 Å². The molecule has 0 aliphatic rings. The third-order valence-corrected chi connectivity index (χ3v) is 4.36. The minimum absolute atomic E-state index is 0. The topological polar surface area (TPSA) is 92.3 Å². The number of hydrogen-bond acceptors (Lipinski definition) is 5. The maximum Gasteiger partial charge on any atom is 1.00 e. The molecule has 0 fully saturated rings. The molecule has 0 spiro atoms. The third kappa shape index (κ3) is 12.2. The van der Waals surface area contributed by atoms with Gasteiger partial charge in [0.05, 0.1) is 11.9 Å². The molecule has 0 bridgehead atoms. The number of rotatable bonds is 13. The smallest absolute Gasteiger partial charge is 0.545 e. The fourth-order valence-corrected chi connectivity index (χ4v) is 2.92. The van der Waals surface area contributed by atoms with Gasteiger partial charge in [-0.3, -0.25) is 0 Å². The zero-order chi connectivity index (χ0) is 18.7. The SMILES string of the molecule is CCCCCCCCCCC(C)Nc1ccc(C(=O)[O-])c(C(=O)[O-])c1.[Na+].[Na+]. The zero-order valence-electron chi connectivity index (χ0n) is 17.3. The zero-order valence-corrected chi connectivity index (χ0v) is 21.3. The van der Waals surface area contributed by atoms with Crippen LogP contribution in [0.4, 0.5) is 5.69 Å². The molecule has 1 rings (SSSR count). The summed E-state index contributed by atoms with van der Waals surface area (Å²) >= 11 is 0. The van der Waals surface area contributed by atoms with E-state index in [0.717, 1.165) is 12.8 Å². The van der Waals surface area contributed by atoms with Crippen molar-refractivity contribution in [2.45, 2.75) is 77.7 Å². The molecule has 5 nitrogen and oxygen atoms in total. The van der Waals surface area contributed by atoms with Crippen LogP contribution in [0.1, 0.15) is 92.4 Å². The molecule has 0 aliphatic heterocycles. The van der Waals surface area contributed by atoms with Gasteiger partial charge < -0.3 is 25.1 Å². The van der Waals surface area contributed by atoms with Crippen LogP contribution in [0.25, 0.3) is 0 Å². The van der Waals surface area contributed by atoms with E-state index in [-0.39, 0.29) is 76.3 Å². The maximum atomic E-state index is 11.1. The first kappa shape index (κ1) is 29.2. The van der Waals surface area contributed by atoms with E-state index in [1.54, 1.807) is 6.07 Å². The van der Waals surface area contributed by atoms with Gasteiger partial charge in [-0.2, -0.15) is 0 Å². The van der Waals surface area contributed by atoms with E-state index in [0.29, 0.717) is 5.69 Å². The van der Waals surface area contributed by atoms with Crippen molar-refractivity contribution in [2.75, 3.05) is 5.32 Å². The van der Waals surface area contributed by atoms with Crippen LogP contribution in [-0.4, -0.2) is 18.0 Å². The monoisotopic (exact) mass is 393 g/mol. The summed E-state index contributed by atoms with van der Waals surface area (Å²) in [6.07, 6.45) is 11.1. The van der Waals surface area contributed by atoms with Gasteiger partial charge in [-0.05, 0) is 25.5 Å². The van der Waals surface area contributed by atoms with Crippen LogP contribution >= 0.6 is 0 Å². The fraction of sp³-hybridized carbons (Fsp3) is 0.600. The predicted molar refractivity (Wildman–Crippen MR) is 95.4 cm³/mol. The molecule has 0 amide bonds. The number of carbonyl (C=O) groups is 2. The number of carboxylic acids is 2. The Morgan fingerprint density at radius 2 is 1.41 bits per heavy atom. The second-order valence-corrected chi connectivity index (χ2v) is 6.64. The molecule has 1 unspecified atom stereocenters. The molecule has 0 saturated heterocycles. The molecule has 1 atom stereocenters. The molecule has 140 valence electrons. The Bertz CT molecular complexity index is 567. The van der Waals surface area contributed by atoms with Crippen molar-refractivity contribution >= 4 is 17.6 Å². The van der Waals surface area contributed by atoms with Crippen molar-refractivity contribution in [3.8, 4) is 0 Å². The van der Waals surface area contributed by atoms with Gasteiger partial charge >= 0.3 is 59.1 Å². The Morgan fingerprint density at radius 1 is 0.889 bits per heavy atom. The molecule has 0 aliphatic carbocycles. The number of carbonyl (C=O) groups excluding carboxylic acids is 2. The normalized spacial score (nSPS) is 11.0. The summed E-state index contributed by atoms with van der Waals surface area (Å²) in [4.78, 5) is 22.0. The fourth-order valence-electron chi connectivity index (χ4n) is 2.92. The summed E-state index contributed by atoms with van der Waals surface area (Å²) < 4.78 is 0. The van der Waals surface area contributed by atoms with E-state index in [9.17, 15) is 19.8 Å². The van der Waals surface area contributed by atoms with Crippen molar-refractivity contribution in [1.82, 2.24) is 0 Å². The number of aromatic carboxylic acids is 2. The van der Waals surface area contributed by atoms with Crippen molar-refractivity contribution in [3.63, 3.8) is 0 Å². The second-order valence-electron chi connectivity index (χ2n) is 6.64. The minimum atomic E-state index is -1.52. The average Bonchev–Trinajstić information content (AvgIpc) is 2.57. The minimum Gasteiger partial charge on any atom is -0.545 e.